The first-order valence-electron chi connectivity index (χ1n) is 9.43. The van der Waals surface area contributed by atoms with Crippen LogP contribution in [0.3, 0.4) is 0 Å². The summed E-state index contributed by atoms with van der Waals surface area (Å²) in [5, 5.41) is 0.616. The van der Waals surface area contributed by atoms with Crippen LogP contribution in [-0.2, 0) is 22.7 Å². The fourth-order valence-electron chi connectivity index (χ4n) is 4.68. The van der Waals surface area contributed by atoms with Crippen molar-refractivity contribution in [1.29, 1.82) is 0 Å². The van der Waals surface area contributed by atoms with Gasteiger partial charge in [0.05, 0.1) is 23.3 Å². The number of fused-ring (bicyclic) bond motifs is 5. The number of allylic oxidation sites excluding steroid dienone is 2. The molecule has 0 aliphatic heterocycles. The zero-order valence-electron chi connectivity index (χ0n) is 15.3. The Hall–Kier alpha value is -1.00. The van der Waals surface area contributed by atoms with Crippen LogP contribution in [-0.4, -0.2) is 15.5 Å². The minimum Gasteiger partial charge on any atom is -0.341 e. The second kappa shape index (κ2) is 7.02. The number of hydrogen-bond acceptors (Lipinski definition) is 2. The van der Waals surface area contributed by atoms with E-state index in [1.54, 1.807) is 0 Å². The number of ether oxygens (including phenoxy) is 2. The summed E-state index contributed by atoms with van der Waals surface area (Å²) in [6.07, 6.45) is 4.03. The average Bonchev–Trinajstić information content (AvgIpc) is 2.90. The largest absolute Gasteiger partial charge is 0.341 e. The third kappa shape index (κ3) is 2.51. The molecule has 0 amide bonds. The normalized spacial score (nSPS) is 33.7. The first-order valence-corrected chi connectivity index (χ1v) is 10.9. The highest BCUT2D eigenvalue weighted by Gasteiger charge is 2.85. The maximum absolute atomic E-state index is 7.22. The van der Waals surface area contributed by atoms with E-state index in [0.717, 1.165) is 11.1 Å². The van der Waals surface area contributed by atoms with Gasteiger partial charge in [-0.2, -0.15) is 0 Å². The van der Waals surface area contributed by atoms with Crippen molar-refractivity contribution < 1.29 is 9.47 Å². The molecule has 0 aromatic heterocycles. The van der Waals surface area contributed by atoms with Gasteiger partial charge in [0.1, 0.15) is 9.75 Å². The molecule has 0 heterocycles. The number of rotatable bonds is 6. The predicted molar refractivity (Wildman–Crippen MR) is 117 cm³/mol. The van der Waals surface area contributed by atoms with Crippen molar-refractivity contribution >= 4 is 46.4 Å². The molecule has 2 aromatic carbocycles. The highest BCUT2D eigenvalue weighted by Crippen LogP contribution is 2.76. The Labute approximate surface area is 190 Å². The lowest BCUT2D eigenvalue weighted by molar-refractivity contribution is -0.261. The molecular weight excluding hydrogens is 450 g/mol. The van der Waals surface area contributed by atoms with Gasteiger partial charge in [-0.1, -0.05) is 96.0 Å². The van der Waals surface area contributed by atoms with Gasteiger partial charge in [0.25, 0.3) is 0 Å². The molecule has 29 heavy (non-hydrogen) atoms. The van der Waals surface area contributed by atoms with Gasteiger partial charge in [0.2, 0.25) is 5.79 Å². The van der Waals surface area contributed by atoms with E-state index in [0.29, 0.717) is 10.1 Å². The van der Waals surface area contributed by atoms with Gasteiger partial charge < -0.3 is 9.47 Å². The Kier molecular flexibility index (Phi) is 4.82. The van der Waals surface area contributed by atoms with Crippen LogP contribution in [0.1, 0.15) is 11.1 Å². The van der Waals surface area contributed by atoms with Crippen LogP contribution in [0.5, 0.6) is 0 Å². The van der Waals surface area contributed by atoms with E-state index >= 15 is 0 Å². The second-order valence-electron chi connectivity index (χ2n) is 7.65. The number of halogens is 4. The Morgan fingerprint density at radius 1 is 0.655 bits per heavy atom. The number of hydrogen-bond donors (Lipinski definition) is 0. The molecule has 0 N–H and O–H groups in total. The summed E-state index contributed by atoms with van der Waals surface area (Å²) in [5.41, 5.74) is 1.96. The molecule has 3 aliphatic carbocycles. The molecule has 5 rings (SSSR count). The number of benzene rings is 2. The molecule has 3 aliphatic rings. The van der Waals surface area contributed by atoms with E-state index in [1.807, 2.05) is 72.8 Å². The minimum atomic E-state index is -1.41. The van der Waals surface area contributed by atoms with Crippen LogP contribution >= 0.6 is 46.4 Å². The first kappa shape index (κ1) is 19.9. The molecule has 2 bridgehead atoms. The van der Waals surface area contributed by atoms with Crippen molar-refractivity contribution in [2.75, 3.05) is 0 Å². The lowest BCUT2D eigenvalue weighted by Crippen LogP contribution is -2.58. The summed E-state index contributed by atoms with van der Waals surface area (Å²) in [6, 6.07) is 19.6. The molecule has 1 fully saturated rings. The van der Waals surface area contributed by atoms with Gasteiger partial charge >= 0.3 is 0 Å². The molecule has 4 atom stereocenters. The van der Waals surface area contributed by atoms with Crippen LogP contribution in [0.25, 0.3) is 0 Å². The fraction of sp³-hybridized carbons (Fsp3) is 0.304. The summed E-state index contributed by atoms with van der Waals surface area (Å²) in [7, 11) is 0. The van der Waals surface area contributed by atoms with Gasteiger partial charge in [0, 0.05) is 11.8 Å². The molecule has 2 nitrogen and oxygen atoms in total. The van der Waals surface area contributed by atoms with Gasteiger partial charge in [-0.25, -0.2) is 0 Å². The maximum atomic E-state index is 7.22. The van der Waals surface area contributed by atoms with Crippen LogP contribution in [0.2, 0.25) is 0 Å². The first-order chi connectivity index (χ1) is 13.9. The third-order valence-electron chi connectivity index (χ3n) is 6.19. The van der Waals surface area contributed by atoms with Crippen LogP contribution in [0.15, 0.2) is 82.9 Å². The van der Waals surface area contributed by atoms with Crippen LogP contribution in [0, 0.1) is 11.8 Å². The molecule has 0 spiro atoms. The van der Waals surface area contributed by atoms with E-state index in [4.69, 9.17) is 55.9 Å². The molecule has 6 heteroatoms. The molecule has 0 radical (unpaired) electrons. The Morgan fingerprint density at radius 3 is 1.38 bits per heavy atom. The highest BCUT2D eigenvalue weighted by atomic mass is 35.5. The van der Waals surface area contributed by atoms with Gasteiger partial charge in [-0.15, -0.1) is 23.2 Å². The van der Waals surface area contributed by atoms with Crippen molar-refractivity contribution in [3.63, 3.8) is 0 Å². The van der Waals surface area contributed by atoms with Crippen LogP contribution < -0.4 is 0 Å². The van der Waals surface area contributed by atoms with Gasteiger partial charge in [-0.3, -0.25) is 0 Å². The Balaban J connectivity index is 1.56. The van der Waals surface area contributed by atoms with Gasteiger partial charge in [0.15, 0.2) is 0 Å². The van der Waals surface area contributed by atoms with E-state index in [1.165, 1.54) is 0 Å². The van der Waals surface area contributed by atoms with E-state index in [-0.39, 0.29) is 25.0 Å². The summed E-state index contributed by atoms with van der Waals surface area (Å²) in [5.74, 6) is -1.63. The van der Waals surface area contributed by atoms with Crippen LogP contribution in [0.4, 0.5) is 0 Å². The number of alkyl halides is 2. The van der Waals surface area contributed by atoms with E-state index in [2.05, 4.69) is 0 Å². The molecule has 150 valence electrons. The average molecular weight is 468 g/mol. The topological polar surface area (TPSA) is 18.5 Å². The summed E-state index contributed by atoms with van der Waals surface area (Å²) < 4.78 is 13.0. The minimum absolute atomic E-state index is 0.108. The maximum Gasteiger partial charge on any atom is 0.219 e. The lowest BCUT2D eigenvalue weighted by atomic mass is 9.74. The molecule has 1 saturated carbocycles. The molecule has 0 saturated heterocycles. The Bertz CT molecular complexity index is 911. The third-order valence-corrected chi connectivity index (χ3v) is 8.83. The lowest BCUT2D eigenvalue weighted by Gasteiger charge is -2.43. The zero-order valence-corrected chi connectivity index (χ0v) is 18.3. The van der Waals surface area contributed by atoms with E-state index < -0.39 is 15.5 Å². The van der Waals surface area contributed by atoms with Crippen molar-refractivity contribution in [3.8, 4) is 0 Å². The second-order valence-corrected chi connectivity index (χ2v) is 9.60. The quantitative estimate of drug-likeness (QED) is 0.271. The zero-order chi connectivity index (χ0) is 20.3. The predicted octanol–water partition coefficient (Wildman–Crippen LogP) is 6.59. The highest BCUT2D eigenvalue weighted by molar-refractivity contribution is 6.52. The molecule has 0 unspecified atom stereocenters. The van der Waals surface area contributed by atoms with Crippen molar-refractivity contribution in [3.05, 3.63) is 94.0 Å². The standard InChI is InChI=1S/C23H18Cl4O2/c24-19-20(25)22(27)18-12-11-17(18)21(19,26)23(22,28-13-15-7-3-1-4-8-15)29-14-16-9-5-2-6-10-16/h1-12,17-18H,13-14H2/t17-,18+,21+,22-. The SMILES string of the molecule is ClC1=C(Cl)[C@]2(Cl)[C@H]3C=C[C@H]3[C@@]1(Cl)C2(OCc1ccccc1)OCc1ccccc1. The van der Waals surface area contributed by atoms with Crippen molar-refractivity contribution in [1.82, 2.24) is 0 Å². The summed E-state index contributed by atoms with van der Waals surface area (Å²) >= 11 is 27.8. The Morgan fingerprint density at radius 2 is 1.03 bits per heavy atom. The molecule has 2 aromatic rings. The summed E-state index contributed by atoms with van der Waals surface area (Å²) in [4.78, 5) is -2.37. The smallest absolute Gasteiger partial charge is 0.219 e. The molecular formula is C23H18Cl4O2. The van der Waals surface area contributed by atoms with Gasteiger partial charge in [-0.05, 0) is 11.1 Å². The monoisotopic (exact) mass is 466 g/mol. The fourth-order valence-corrected chi connectivity index (χ4v) is 6.74. The van der Waals surface area contributed by atoms with E-state index in [9.17, 15) is 0 Å². The van der Waals surface area contributed by atoms with Crippen molar-refractivity contribution in [2.45, 2.75) is 28.7 Å². The van der Waals surface area contributed by atoms with Crippen molar-refractivity contribution in [2.24, 2.45) is 11.8 Å². The summed E-state index contributed by atoms with van der Waals surface area (Å²) in [6.45, 7) is 0.540.